The van der Waals surface area contributed by atoms with Crippen LogP contribution in [-0.4, -0.2) is 28.3 Å². The zero-order chi connectivity index (χ0) is 16.8. The molecule has 4 nitrogen and oxygen atoms in total. The minimum atomic E-state index is -0.989. The standard InChI is InChI=1S/C17H20BFN2O2/c1-11-8-13-14(21-7-6-20-13)9-12(11)10-15(19)18-22-16(2,3)17(4,5)23-18/h6-10H,1-5H3. The van der Waals surface area contributed by atoms with Crippen molar-refractivity contribution in [1.82, 2.24) is 9.97 Å². The fourth-order valence-corrected chi connectivity index (χ4v) is 2.46. The first-order chi connectivity index (χ1) is 10.7. The Balaban J connectivity index is 1.94. The molecule has 1 aliphatic rings. The Bertz CT molecular complexity index is 773. The van der Waals surface area contributed by atoms with Gasteiger partial charge in [0.25, 0.3) is 0 Å². The third-order valence-corrected chi connectivity index (χ3v) is 4.63. The van der Waals surface area contributed by atoms with Gasteiger partial charge in [-0.15, -0.1) is 0 Å². The van der Waals surface area contributed by atoms with Crippen LogP contribution in [-0.2, 0) is 9.31 Å². The van der Waals surface area contributed by atoms with Crippen LogP contribution in [0.1, 0.15) is 38.8 Å². The highest BCUT2D eigenvalue weighted by Crippen LogP contribution is 2.39. The average Bonchev–Trinajstić information content (AvgIpc) is 2.68. The lowest BCUT2D eigenvalue weighted by molar-refractivity contribution is 0.00578. The van der Waals surface area contributed by atoms with E-state index in [0.29, 0.717) is 0 Å². The number of aromatic nitrogens is 2. The summed E-state index contributed by atoms with van der Waals surface area (Å²) in [6.45, 7) is 9.51. The summed E-state index contributed by atoms with van der Waals surface area (Å²) >= 11 is 0. The van der Waals surface area contributed by atoms with Gasteiger partial charge in [0.05, 0.1) is 22.2 Å². The molecule has 0 amide bonds. The molecule has 0 N–H and O–H groups in total. The van der Waals surface area contributed by atoms with E-state index in [-0.39, 0.29) is 0 Å². The van der Waals surface area contributed by atoms with Gasteiger partial charge in [0, 0.05) is 12.4 Å². The van der Waals surface area contributed by atoms with E-state index >= 15 is 0 Å². The van der Waals surface area contributed by atoms with E-state index in [0.717, 1.165) is 22.2 Å². The van der Waals surface area contributed by atoms with Crippen LogP contribution in [0.25, 0.3) is 17.1 Å². The zero-order valence-electron chi connectivity index (χ0n) is 14.1. The third kappa shape index (κ3) is 2.89. The summed E-state index contributed by atoms with van der Waals surface area (Å²) in [5.41, 5.74) is 1.61. The molecule has 1 aromatic carbocycles. The van der Waals surface area contributed by atoms with E-state index in [1.165, 1.54) is 6.08 Å². The normalized spacial score (nSPS) is 20.3. The number of aryl methyl sites for hydroxylation is 1. The van der Waals surface area contributed by atoms with Crippen LogP contribution in [0.4, 0.5) is 4.39 Å². The maximum Gasteiger partial charge on any atom is 0.525 e. The van der Waals surface area contributed by atoms with Crippen molar-refractivity contribution in [3.63, 3.8) is 0 Å². The largest absolute Gasteiger partial charge is 0.525 e. The molecule has 0 spiro atoms. The van der Waals surface area contributed by atoms with Crippen LogP contribution in [0.2, 0.25) is 0 Å². The van der Waals surface area contributed by atoms with Crippen molar-refractivity contribution < 1.29 is 13.7 Å². The highest BCUT2D eigenvalue weighted by atomic mass is 19.1. The molecule has 1 aromatic heterocycles. The lowest BCUT2D eigenvalue weighted by atomic mass is 9.86. The van der Waals surface area contributed by atoms with Gasteiger partial charge in [0.1, 0.15) is 5.73 Å². The zero-order valence-corrected chi connectivity index (χ0v) is 14.1. The average molecular weight is 314 g/mol. The topological polar surface area (TPSA) is 44.2 Å². The first kappa shape index (κ1) is 16.1. The van der Waals surface area contributed by atoms with Crippen molar-refractivity contribution in [2.24, 2.45) is 0 Å². The SMILES string of the molecule is Cc1cc2nccnc2cc1C=C(F)B1OC(C)(C)C(C)(C)O1. The van der Waals surface area contributed by atoms with E-state index in [1.807, 2.05) is 46.8 Å². The van der Waals surface area contributed by atoms with Crippen LogP contribution in [0, 0.1) is 6.92 Å². The van der Waals surface area contributed by atoms with Gasteiger partial charge in [-0.25, -0.2) is 4.39 Å². The molecule has 2 aromatic rings. The van der Waals surface area contributed by atoms with E-state index < -0.39 is 24.0 Å². The fraction of sp³-hybridized carbons (Fsp3) is 0.412. The quantitative estimate of drug-likeness (QED) is 0.789. The second-order valence-electron chi connectivity index (χ2n) is 6.87. The van der Waals surface area contributed by atoms with Gasteiger partial charge < -0.3 is 9.31 Å². The lowest BCUT2D eigenvalue weighted by Crippen LogP contribution is -2.41. The maximum absolute atomic E-state index is 14.6. The molecule has 6 heteroatoms. The molecule has 2 heterocycles. The molecular formula is C17H20BFN2O2. The van der Waals surface area contributed by atoms with Crippen molar-refractivity contribution in [3.8, 4) is 0 Å². The summed E-state index contributed by atoms with van der Waals surface area (Å²) in [7, 11) is -0.989. The van der Waals surface area contributed by atoms with Crippen molar-refractivity contribution in [3.05, 3.63) is 41.4 Å². The number of hydrogen-bond donors (Lipinski definition) is 0. The van der Waals surface area contributed by atoms with Crippen molar-refractivity contribution in [2.75, 3.05) is 0 Å². The number of benzene rings is 1. The lowest BCUT2D eigenvalue weighted by Gasteiger charge is -2.32. The second-order valence-corrected chi connectivity index (χ2v) is 6.87. The Hall–Kier alpha value is -1.79. The summed E-state index contributed by atoms with van der Waals surface area (Å²) in [6, 6.07) is 3.72. The molecule has 0 saturated carbocycles. The fourth-order valence-electron chi connectivity index (χ4n) is 2.46. The first-order valence-electron chi connectivity index (χ1n) is 7.64. The molecule has 23 heavy (non-hydrogen) atoms. The molecule has 0 bridgehead atoms. The number of rotatable bonds is 2. The first-order valence-corrected chi connectivity index (χ1v) is 7.64. The number of nitrogens with zero attached hydrogens (tertiary/aromatic N) is 2. The highest BCUT2D eigenvalue weighted by Gasteiger charge is 2.53. The number of fused-ring (bicyclic) bond motifs is 1. The Kier molecular flexibility index (Phi) is 3.77. The molecule has 1 fully saturated rings. The van der Waals surface area contributed by atoms with Gasteiger partial charge in [-0.3, -0.25) is 9.97 Å². The minimum Gasteiger partial charge on any atom is -0.398 e. The van der Waals surface area contributed by atoms with Gasteiger partial charge in [-0.2, -0.15) is 0 Å². The molecule has 0 unspecified atom stereocenters. The summed E-state index contributed by atoms with van der Waals surface area (Å²) in [6.07, 6.45) is 4.71. The van der Waals surface area contributed by atoms with Gasteiger partial charge in [0.2, 0.25) is 0 Å². The predicted octanol–water partition coefficient (Wildman–Crippen LogP) is 3.88. The van der Waals surface area contributed by atoms with Gasteiger partial charge in [-0.1, -0.05) is 0 Å². The summed E-state index contributed by atoms with van der Waals surface area (Å²) in [4.78, 5) is 8.51. The predicted molar refractivity (Wildman–Crippen MR) is 89.4 cm³/mol. The molecular weight excluding hydrogens is 294 g/mol. The van der Waals surface area contributed by atoms with Gasteiger partial charge >= 0.3 is 7.12 Å². The minimum absolute atomic E-state index is 0.449. The van der Waals surface area contributed by atoms with Crippen LogP contribution in [0.5, 0.6) is 0 Å². The Morgan fingerprint density at radius 1 is 1.04 bits per heavy atom. The Morgan fingerprint density at radius 3 is 2.13 bits per heavy atom. The Morgan fingerprint density at radius 2 is 1.57 bits per heavy atom. The van der Waals surface area contributed by atoms with Crippen molar-refractivity contribution in [1.29, 1.82) is 0 Å². The molecule has 0 radical (unpaired) electrons. The van der Waals surface area contributed by atoms with Crippen LogP contribution in [0.15, 0.2) is 30.3 Å². The molecule has 1 saturated heterocycles. The third-order valence-electron chi connectivity index (χ3n) is 4.63. The molecule has 1 aliphatic heterocycles. The van der Waals surface area contributed by atoms with Gasteiger partial charge in [-0.05, 0) is 64.0 Å². The molecule has 3 rings (SSSR count). The van der Waals surface area contributed by atoms with Crippen molar-refractivity contribution >= 4 is 24.2 Å². The van der Waals surface area contributed by atoms with Crippen LogP contribution in [0.3, 0.4) is 0 Å². The number of hydrogen-bond acceptors (Lipinski definition) is 4. The molecule has 0 aliphatic carbocycles. The smallest absolute Gasteiger partial charge is 0.398 e. The van der Waals surface area contributed by atoms with E-state index in [1.54, 1.807) is 12.4 Å². The van der Waals surface area contributed by atoms with E-state index in [4.69, 9.17) is 9.31 Å². The maximum atomic E-state index is 14.6. The molecule has 120 valence electrons. The molecule has 0 atom stereocenters. The summed E-state index contributed by atoms with van der Waals surface area (Å²) in [5, 5.41) is 0. The van der Waals surface area contributed by atoms with E-state index in [9.17, 15) is 4.39 Å². The van der Waals surface area contributed by atoms with Crippen LogP contribution >= 0.6 is 0 Å². The Labute approximate surface area is 135 Å². The number of halogens is 1. The highest BCUT2D eigenvalue weighted by molar-refractivity contribution is 6.54. The summed E-state index contributed by atoms with van der Waals surface area (Å²) in [5.74, 6) is 0. The van der Waals surface area contributed by atoms with Crippen molar-refractivity contribution in [2.45, 2.75) is 45.8 Å². The summed E-state index contributed by atoms with van der Waals surface area (Å²) < 4.78 is 26.1. The monoisotopic (exact) mass is 314 g/mol. The van der Waals surface area contributed by atoms with Crippen LogP contribution < -0.4 is 0 Å². The van der Waals surface area contributed by atoms with E-state index in [2.05, 4.69) is 9.97 Å². The second kappa shape index (κ2) is 5.39. The van der Waals surface area contributed by atoms with Gasteiger partial charge in [0.15, 0.2) is 0 Å².